The molecule has 0 spiro atoms. The van der Waals surface area contributed by atoms with E-state index in [1.807, 2.05) is 65.1 Å². The molecule has 65 heavy (non-hydrogen) atoms. The molecule has 0 radical (unpaired) electrons. The van der Waals surface area contributed by atoms with Crippen LogP contribution in [0, 0.1) is 12.8 Å². The van der Waals surface area contributed by atoms with Gasteiger partial charge in [-0.15, -0.1) is 0 Å². The second kappa shape index (κ2) is 18.0. The summed E-state index contributed by atoms with van der Waals surface area (Å²) in [5.74, 6) is 1.08. The predicted molar refractivity (Wildman–Crippen MR) is 250 cm³/mol. The smallest absolute Gasteiger partial charge is 0.328 e. The Morgan fingerprint density at radius 1 is 0.892 bits per heavy atom. The summed E-state index contributed by atoms with van der Waals surface area (Å²) in [6.07, 6.45) is 4.41. The van der Waals surface area contributed by atoms with Crippen molar-refractivity contribution in [2.45, 2.75) is 65.3 Å². The molecule has 9 rings (SSSR count). The van der Waals surface area contributed by atoms with Crippen molar-refractivity contribution in [1.82, 2.24) is 40.9 Å². The van der Waals surface area contributed by atoms with E-state index < -0.39 is 6.03 Å². The molecule has 3 N–H and O–H groups in total. The number of piperidine rings is 1. The van der Waals surface area contributed by atoms with Crippen molar-refractivity contribution in [2.75, 3.05) is 74.2 Å². The maximum atomic E-state index is 13.0. The topological polar surface area (TPSA) is 178 Å². The summed E-state index contributed by atoms with van der Waals surface area (Å²) in [6.45, 7) is 17.3. The van der Waals surface area contributed by atoms with Gasteiger partial charge in [0.2, 0.25) is 11.8 Å². The van der Waals surface area contributed by atoms with Crippen LogP contribution in [0.5, 0.6) is 5.75 Å². The van der Waals surface area contributed by atoms with Crippen LogP contribution in [0.15, 0.2) is 77.4 Å². The molecule has 3 aromatic heterocycles. The fourth-order valence-electron chi connectivity index (χ4n) is 9.22. The second-order valence-corrected chi connectivity index (χ2v) is 18.5. The third-order valence-electron chi connectivity index (χ3n) is 13.0. The van der Waals surface area contributed by atoms with Gasteiger partial charge in [-0.1, -0.05) is 50.2 Å². The van der Waals surface area contributed by atoms with Gasteiger partial charge in [0.05, 0.1) is 18.8 Å². The first-order valence-corrected chi connectivity index (χ1v) is 22.5. The highest BCUT2D eigenvalue weighted by Gasteiger charge is 2.29. The van der Waals surface area contributed by atoms with Gasteiger partial charge in [0.1, 0.15) is 11.4 Å². The average molecular weight is 880 g/mol. The third kappa shape index (κ3) is 9.26. The van der Waals surface area contributed by atoms with E-state index in [1.165, 1.54) is 5.69 Å². The van der Waals surface area contributed by atoms with Gasteiger partial charge in [-0.25, -0.2) is 9.78 Å². The van der Waals surface area contributed by atoms with Crippen LogP contribution in [0.2, 0.25) is 0 Å². The van der Waals surface area contributed by atoms with Crippen molar-refractivity contribution in [3.8, 4) is 28.1 Å². The number of nitrogens with one attached hydrogen (secondary N) is 3. The van der Waals surface area contributed by atoms with Crippen LogP contribution in [-0.2, 0) is 10.2 Å². The lowest BCUT2D eigenvalue weighted by Gasteiger charge is -2.40. The van der Waals surface area contributed by atoms with E-state index in [9.17, 15) is 14.4 Å². The van der Waals surface area contributed by atoms with Crippen LogP contribution < -0.4 is 30.1 Å². The minimum Gasteiger partial charge on any atom is -0.494 e. The molecule has 1 atom stereocenters. The number of benzene rings is 3. The van der Waals surface area contributed by atoms with Crippen molar-refractivity contribution in [3.05, 3.63) is 95.8 Å². The Labute approximate surface area is 378 Å². The van der Waals surface area contributed by atoms with E-state index in [2.05, 4.69) is 88.1 Å². The number of aryl methyl sites for hydroxylation is 1. The lowest BCUT2D eigenvalue weighted by molar-refractivity contribution is -0.120. The summed E-state index contributed by atoms with van der Waals surface area (Å²) in [4.78, 5) is 55.2. The highest BCUT2D eigenvalue weighted by Crippen LogP contribution is 2.36. The number of aromatic nitrogens is 5. The number of hydrogen-bond donors (Lipinski definition) is 3. The number of amides is 4. The highest BCUT2D eigenvalue weighted by molar-refractivity contribution is 6.06. The van der Waals surface area contributed by atoms with E-state index in [0.29, 0.717) is 29.8 Å². The number of nitrogens with zero attached hydrogens (tertiary/aromatic N) is 8. The van der Waals surface area contributed by atoms with Crippen LogP contribution >= 0.6 is 0 Å². The van der Waals surface area contributed by atoms with Crippen LogP contribution in [0.1, 0.15) is 80.6 Å². The first-order valence-electron chi connectivity index (χ1n) is 22.5. The number of methoxy groups -OCH3 is 1. The molecule has 6 heterocycles. The minimum absolute atomic E-state index is 0.0216. The Balaban J connectivity index is 0.772. The first kappa shape index (κ1) is 43.4. The fourth-order valence-corrected chi connectivity index (χ4v) is 9.22. The number of anilines is 3. The van der Waals surface area contributed by atoms with Gasteiger partial charge < -0.3 is 24.4 Å². The predicted octanol–water partition coefficient (Wildman–Crippen LogP) is 7.27. The van der Waals surface area contributed by atoms with Gasteiger partial charge in [-0.05, 0) is 85.7 Å². The number of carbonyl (C=O) groups is 3. The summed E-state index contributed by atoms with van der Waals surface area (Å²) in [6, 6.07) is 22.4. The molecule has 6 aromatic rings. The van der Waals surface area contributed by atoms with Crippen LogP contribution in [0.4, 0.5) is 21.9 Å². The minimum atomic E-state index is -0.411. The van der Waals surface area contributed by atoms with Crippen molar-refractivity contribution >= 4 is 45.9 Å². The van der Waals surface area contributed by atoms with Gasteiger partial charge in [-0.3, -0.25) is 29.8 Å². The zero-order valence-electron chi connectivity index (χ0n) is 38.0. The monoisotopic (exact) mass is 879 g/mol. The molecule has 16 nitrogen and oxygen atoms in total. The Hall–Kier alpha value is -6.81. The van der Waals surface area contributed by atoms with E-state index in [0.717, 1.165) is 109 Å². The van der Waals surface area contributed by atoms with Crippen LogP contribution in [-0.4, -0.2) is 108 Å². The molecule has 16 heteroatoms. The van der Waals surface area contributed by atoms with E-state index >= 15 is 0 Å². The quantitative estimate of drug-likeness (QED) is 0.119. The number of carbonyl (C=O) groups excluding carboxylic acids is 3. The van der Waals surface area contributed by atoms with E-state index in [1.54, 1.807) is 12.0 Å². The normalized spacial score (nSPS) is 17.1. The van der Waals surface area contributed by atoms with Crippen LogP contribution in [0.25, 0.3) is 33.4 Å². The number of hydrogen-bond acceptors (Lipinski definition) is 12. The lowest BCUT2D eigenvalue weighted by atomic mass is 9.95. The van der Waals surface area contributed by atoms with Gasteiger partial charge in [0, 0.05) is 104 Å². The largest absolute Gasteiger partial charge is 0.494 e. The van der Waals surface area contributed by atoms with E-state index in [4.69, 9.17) is 14.2 Å². The van der Waals surface area contributed by atoms with Gasteiger partial charge in [-0.2, -0.15) is 10.1 Å². The standard InChI is InChI=1S/C49H57N11O5/c1-30-25-34(9-13-38(30)31(2)51-46(62)45-53-47(65-56-45)49(3,4)5)43-39-26-35(28-50-44(39)55-54-43)33-7-10-36(11-8-33)59-23-21-57(22-24-59)29-32-15-18-58(19-16-32)37-12-14-40(41(27-37)64-6)60-20-17-42(61)52-48(60)63/h7-14,25-28,31-32H,15-24,29H2,1-6H3,(H,51,62)(H,50,54,55)(H,52,61,63)/t31-/m1/s1. The van der Waals surface area contributed by atoms with Crippen molar-refractivity contribution in [2.24, 2.45) is 5.92 Å². The SMILES string of the molecule is COc1cc(N2CCC(CN3CCN(c4ccc(-c5cnc6[nH]nc(-c7ccc([C@@H](C)NC(=O)c8noc(C(C)(C)C)n8)c(C)c7)c6c5)cc4)CC3)CC2)ccc1N1CCC(=O)NC1=O. The highest BCUT2D eigenvalue weighted by atomic mass is 16.5. The molecule has 3 saturated heterocycles. The number of rotatable bonds is 11. The summed E-state index contributed by atoms with van der Waals surface area (Å²) in [7, 11) is 1.62. The lowest BCUT2D eigenvalue weighted by Crippen LogP contribution is -2.49. The Morgan fingerprint density at radius 2 is 1.62 bits per heavy atom. The number of aromatic amines is 1. The summed E-state index contributed by atoms with van der Waals surface area (Å²) >= 11 is 0. The maximum Gasteiger partial charge on any atom is 0.328 e. The molecule has 0 saturated carbocycles. The fraction of sp³-hybridized carbons (Fsp3) is 0.408. The average Bonchev–Trinajstić information content (AvgIpc) is 3.99. The third-order valence-corrected chi connectivity index (χ3v) is 13.0. The van der Waals surface area contributed by atoms with Gasteiger partial charge in [0.15, 0.2) is 5.65 Å². The number of fused-ring (bicyclic) bond motifs is 1. The molecule has 3 fully saturated rings. The molecule has 0 bridgehead atoms. The zero-order chi connectivity index (χ0) is 45.4. The molecular weight excluding hydrogens is 823 g/mol. The number of ether oxygens (including phenoxy) is 1. The van der Waals surface area contributed by atoms with Crippen LogP contribution in [0.3, 0.4) is 0 Å². The summed E-state index contributed by atoms with van der Waals surface area (Å²) in [5.41, 5.74) is 9.25. The summed E-state index contributed by atoms with van der Waals surface area (Å²) < 4.78 is 11.0. The Bertz CT molecular complexity index is 2710. The van der Waals surface area contributed by atoms with Crippen molar-refractivity contribution < 1.29 is 23.6 Å². The zero-order valence-corrected chi connectivity index (χ0v) is 38.0. The Morgan fingerprint density at radius 3 is 2.31 bits per heavy atom. The molecule has 3 aliphatic heterocycles. The molecule has 0 aliphatic carbocycles. The molecular formula is C49H57N11O5. The van der Waals surface area contributed by atoms with Crippen molar-refractivity contribution in [1.29, 1.82) is 0 Å². The van der Waals surface area contributed by atoms with Gasteiger partial charge >= 0.3 is 6.03 Å². The number of H-pyrrole nitrogens is 1. The number of imide groups is 1. The first-order chi connectivity index (χ1) is 31.3. The molecule has 4 amide bonds. The number of pyridine rings is 1. The second-order valence-electron chi connectivity index (χ2n) is 18.5. The molecule has 3 aromatic carbocycles. The Kier molecular flexibility index (Phi) is 12.0. The van der Waals surface area contributed by atoms with Gasteiger partial charge in [0.25, 0.3) is 11.7 Å². The molecule has 338 valence electrons. The van der Waals surface area contributed by atoms with E-state index in [-0.39, 0.29) is 35.5 Å². The van der Waals surface area contributed by atoms with Crippen molar-refractivity contribution in [3.63, 3.8) is 0 Å². The summed E-state index contributed by atoms with van der Waals surface area (Å²) in [5, 5.41) is 18.0. The maximum absolute atomic E-state index is 13.0. The number of piperazine rings is 1. The number of urea groups is 1. The molecule has 0 unspecified atom stereocenters. The molecule has 3 aliphatic rings.